The zero-order valence-electron chi connectivity index (χ0n) is 11.8. The van der Waals surface area contributed by atoms with Gasteiger partial charge in [0.25, 0.3) is 0 Å². The van der Waals surface area contributed by atoms with Gasteiger partial charge in [-0.1, -0.05) is 13.8 Å². The number of hydrogen-bond donors (Lipinski definition) is 2. The summed E-state index contributed by atoms with van der Waals surface area (Å²) in [5.74, 6) is 0.725. The third-order valence-corrected chi connectivity index (χ3v) is 2.25. The van der Waals surface area contributed by atoms with Crippen LogP contribution in [-0.4, -0.2) is 23.5 Å². The van der Waals surface area contributed by atoms with Gasteiger partial charge in [0.05, 0.1) is 6.04 Å². The molecule has 2 N–H and O–H groups in total. The van der Waals surface area contributed by atoms with Crippen molar-refractivity contribution >= 4 is 5.91 Å². The lowest BCUT2D eigenvalue weighted by Crippen LogP contribution is -2.51. The first-order valence-electron chi connectivity index (χ1n) is 6.20. The first kappa shape index (κ1) is 15.4. The molecule has 96 valence electrons. The number of hydrogen-bond acceptors (Lipinski definition) is 2. The van der Waals surface area contributed by atoms with Crippen LogP contribution in [0.3, 0.4) is 0 Å². The van der Waals surface area contributed by atoms with Crippen molar-refractivity contribution < 1.29 is 4.79 Å². The zero-order valence-corrected chi connectivity index (χ0v) is 11.8. The standard InChI is InChI=1S/C13H28N2O/c1-9(2)8-10(3)14-11(4)12(16)15-13(5,6)7/h9-11,14H,8H2,1-7H3,(H,15,16). The lowest BCUT2D eigenvalue weighted by molar-refractivity contribution is -0.124. The summed E-state index contributed by atoms with van der Waals surface area (Å²) in [6.07, 6.45) is 1.09. The van der Waals surface area contributed by atoms with Crippen LogP contribution in [0.25, 0.3) is 0 Å². The highest BCUT2D eigenvalue weighted by Gasteiger charge is 2.20. The summed E-state index contributed by atoms with van der Waals surface area (Å²) in [5, 5.41) is 6.30. The molecule has 0 fully saturated rings. The van der Waals surface area contributed by atoms with E-state index in [1.54, 1.807) is 0 Å². The van der Waals surface area contributed by atoms with Crippen molar-refractivity contribution in [1.82, 2.24) is 10.6 Å². The highest BCUT2D eigenvalue weighted by Crippen LogP contribution is 2.05. The van der Waals surface area contributed by atoms with E-state index in [-0.39, 0.29) is 17.5 Å². The van der Waals surface area contributed by atoms with Crippen molar-refractivity contribution in [3.05, 3.63) is 0 Å². The van der Waals surface area contributed by atoms with E-state index in [1.165, 1.54) is 0 Å². The third kappa shape index (κ3) is 7.69. The van der Waals surface area contributed by atoms with Crippen molar-refractivity contribution in [2.24, 2.45) is 5.92 Å². The Balaban J connectivity index is 4.05. The zero-order chi connectivity index (χ0) is 12.9. The van der Waals surface area contributed by atoms with Crippen LogP contribution in [0.5, 0.6) is 0 Å². The molecule has 16 heavy (non-hydrogen) atoms. The normalized spacial score (nSPS) is 16.0. The van der Waals surface area contributed by atoms with Crippen LogP contribution >= 0.6 is 0 Å². The maximum Gasteiger partial charge on any atom is 0.237 e. The molecule has 0 aromatic rings. The molecular weight excluding hydrogens is 200 g/mol. The predicted molar refractivity (Wildman–Crippen MR) is 69.4 cm³/mol. The maximum absolute atomic E-state index is 11.8. The molecule has 0 saturated carbocycles. The maximum atomic E-state index is 11.8. The Labute approximate surface area is 100 Å². The average molecular weight is 228 g/mol. The molecule has 1 amide bonds. The van der Waals surface area contributed by atoms with Gasteiger partial charge in [-0.3, -0.25) is 4.79 Å². The van der Waals surface area contributed by atoms with Crippen molar-refractivity contribution in [2.45, 2.75) is 72.5 Å². The van der Waals surface area contributed by atoms with E-state index in [2.05, 4.69) is 31.4 Å². The molecule has 0 aliphatic rings. The lowest BCUT2D eigenvalue weighted by atomic mass is 10.0. The summed E-state index contributed by atoms with van der Waals surface area (Å²) in [6.45, 7) is 14.4. The third-order valence-electron chi connectivity index (χ3n) is 2.25. The Morgan fingerprint density at radius 3 is 2.00 bits per heavy atom. The minimum atomic E-state index is -0.158. The van der Waals surface area contributed by atoms with Crippen molar-refractivity contribution in [1.29, 1.82) is 0 Å². The Morgan fingerprint density at radius 2 is 1.62 bits per heavy atom. The molecule has 0 spiro atoms. The number of amides is 1. The van der Waals surface area contributed by atoms with Gasteiger partial charge in [-0.2, -0.15) is 0 Å². The summed E-state index contributed by atoms with van der Waals surface area (Å²) in [7, 11) is 0. The van der Waals surface area contributed by atoms with Gasteiger partial charge >= 0.3 is 0 Å². The van der Waals surface area contributed by atoms with Crippen molar-refractivity contribution in [2.75, 3.05) is 0 Å². The lowest BCUT2D eigenvalue weighted by Gasteiger charge is -2.26. The van der Waals surface area contributed by atoms with Gasteiger partial charge in [0, 0.05) is 11.6 Å². The fraction of sp³-hybridized carbons (Fsp3) is 0.923. The molecule has 0 aliphatic heterocycles. The van der Waals surface area contributed by atoms with E-state index in [9.17, 15) is 4.79 Å². The number of rotatable bonds is 5. The molecule has 3 heteroatoms. The van der Waals surface area contributed by atoms with Gasteiger partial charge in [0.1, 0.15) is 0 Å². The van der Waals surface area contributed by atoms with Gasteiger partial charge in [0.15, 0.2) is 0 Å². The molecule has 0 bridgehead atoms. The molecule has 0 aromatic carbocycles. The number of carbonyl (C=O) groups excluding carboxylic acids is 1. The molecule has 0 aromatic heterocycles. The minimum Gasteiger partial charge on any atom is -0.350 e. The largest absolute Gasteiger partial charge is 0.350 e. The van der Waals surface area contributed by atoms with Crippen LogP contribution in [0.15, 0.2) is 0 Å². The second kappa shape index (κ2) is 6.24. The topological polar surface area (TPSA) is 41.1 Å². The van der Waals surface area contributed by atoms with E-state index >= 15 is 0 Å². The SMILES string of the molecule is CC(C)CC(C)NC(C)C(=O)NC(C)(C)C. The summed E-state index contributed by atoms with van der Waals surface area (Å²) in [5.41, 5.74) is -0.158. The molecule has 0 heterocycles. The smallest absolute Gasteiger partial charge is 0.237 e. The van der Waals surface area contributed by atoms with Crippen LogP contribution in [0.2, 0.25) is 0 Å². The van der Waals surface area contributed by atoms with Gasteiger partial charge < -0.3 is 10.6 Å². The van der Waals surface area contributed by atoms with Crippen molar-refractivity contribution in [3.8, 4) is 0 Å². The Hall–Kier alpha value is -0.570. The Morgan fingerprint density at radius 1 is 1.12 bits per heavy atom. The first-order valence-corrected chi connectivity index (χ1v) is 6.20. The fourth-order valence-electron chi connectivity index (χ4n) is 1.76. The fourth-order valence-corrected chi connectivity index (χ4v) is 1.76. The van der Waals surface area contributed by atoms with E-state index in [0.717, 1.165) is 6.42 Å². The van der Waals surface area contributed by atoms with E-state index < -0.39 is 0 Å². The Bertz CT molecular complexity index is 218. The van der Waals surface area contributed by atoms with Gasteiger partial charge in [-0.15, -0.1) is 0 Å². The summed E-state index contributed by atoms with van der Waals surface area (Å²) >= 11 is 0. The molecule has 0 saturated heterocycles. The number of carbonyl (C=O) groups is 1. The summed E-state index contributed by atoms with van der Waals surface area (Å²) < 4.78 is 0. The van der Waals surface area contributed by atoms with Gasteiger partial charge in [-0.25, -0.2) is 0 Å². The highest BCUT2D eigenvalue weighted by molar-refractivity contribution is 5.81. The molecule has 0 radical (unpaired) electrons. The molecule has 0 aliphatic carbocycles. The molecule has 3 nitrogen and oxygen atoms in total. The van der Waals surface area contributed by atoms with E-state index in [0.29, 0.717) is 12.0 Å². The van der Waals surface area contributed by atoms with Crippen LogP contribution in [0.4, 0.5) is 0 Å². The van der Waals surface area contributed by atoms with Crippen LogP contribution in [-0.2, 0) is 4.79 Å². The van der Waals surface area contributed by atoms with Crippen molar-refractivity contribution in [3.63, 3.8) is 0 Å². The molecule has 2 atom stereocenters. The average Bonchev–Trinajstić information content (AvgIpc) is 1.98. The number of nitrogens with one attached hydrogen (secondary N) is 2. The van der Waals surface area contributed by atoms with Gasteiger partial charge in [-0.05, 0) is 47.0 Å². The van der Waals surface area contributed by atoms with E-state index in [4.69, 9.17) is 0 Å². The van der Waals surface area contributed by atoms with Crippen LogP contribution < -0.4 is 10.6 Å². The molecule has 0 rings (SSSR count). The first-order chi connectivity index (χ1) is 7.11. The van der Waals surface area contributed by atoms with E-state index in [1.807, 2.05) is 27.7 Å². The summed E-state index contributed by atoms with van der Waals surface area (Å²) in [4.78, 5) is 11.8. The monoisotopic (exact) mass is 228 g/mol. The van der Waals surface area contributed by atoms with Crippen LogP contribution in [0, 0.1) is 5.92 Å². The quantitative estimate of drug-likeness (QED) is 0.758. The highest BCUT2D eigenvalue weighted by atomic mass is 16.2. The molecular formula is C13H28N2O. The van der Waals surface area contributed by atoms with Crippen LogP contribution in [0.1, 0.15) is 54.9 Å². The predicted octanol–water partition coefficient (Wildman–Crippen LogP) is 2.31. The summed E-state index contributed by atoms with van der Waals surface area (Å²) in [6, 6.07) is 0.244. The molecule has 2 unspecified atom stereocenters. The Kier molecular flexibility index (Phi) is 6.01. The van der Waals surface area contributed by atoms with Gasteiger partial charge in [0.2, 0.25) is 5.91 Å². The second-order valence-electron chi connectivity index (χ2n) is 6.16. The minimum absolute atomic E-state index is 0.0723. The second-order valence-corrected chi connectivity index (χ2v) is 6.16.